The summed E-state index contributed by atoms with van der Waals surface area (Å²) in [4.78, 5) is 28.4. The van der Waals surface area contributed by atoms with E-state index in [1.165, 1.54) is 46.2 Å². The van der Waals surface area contributed by atoms with Crippen molar-refractivity contribution in [3.05, 3.63) is 22.4 Å². The van der Waals surface area contributed by atoms with Crippen LogP contribution >= 0.6 is 46.2 Å². The molecule has 11 heteroatoms. The first-order valence-electron chi connectivity index (χ1n) is 6.49. The van der Waals surface area contributed by atoms with Gasteiger partial charge in [0.15, 0.2) is 9.51 Å². The van der Waals surface area contributed by atoms with Crippen LogP contribution in [-0.2, 0) is 4.79 Å². The normalized spacial score (nSPS) is 13.7. The molecular weight excluding hydrogens is 374 g/mol. The Balaban J connectivity index is 1.47. The molecule has 3 rings (SSSR count). The summed E-state index contributed by atoms with van der Waals surface area (Å²) in [6.07, 6.45) is 0. The largest absolute Gasteiger partial charge is 0.305 e. The van der Waals surface area contributed by atoms with Crippen molar-refractivity contribution in [2.45, 2.75) is 4.34 Å². The highest BCUT2D eigenvalue weighted by atomic mass is 32.2. The summed E-state index contributed by atoms with van der Waals surface area (Å²) in [5.74, 6) is 0.809. The minimum absolute atomic E-state index is 0.123. The summed E-state index contributed by atoms with van der Waals surface area (Å²) in [5, 5.41) is 16.2. The maximum Gasteiger partial charge on any atom is 0.267 e. The third-order valence-corrected chi connectivity index (χ3v) is 6.26. The quantitative estimate of drug-likeness (QED) is 0.605. The molecule has 0 aliphatic carbocycles. The maximum atomic E-state index is 11.9. The highest BCUT2D eigenvalue weighted by molar-refractivity contribution is 8.14. The van der Waals surface area contributed by atoms with E-state index >= 15 is 0 Å². The first kappa shape index (κ1) is 16.4. The van der Waals surface area contributed by atoms with Crippen LogP contribution in [0.25, 0.3) is 0 Å². The number of amidine groups is 1. The Morgan fingerprint density at radius 3 is 2.96 bits per heavy atom. The molecule has 7 nitrogen and oxygen atoms in total. The topological polar surface area (TPSA) is 96.3 Å². The van der Waals surface area contributed by atoms with Crippen molar-refractivity contribution >= 4 is 68.3 Å². The van der Waals surface area contributed by atoms with Gasteiger partial charge in [0.25, 0.3) is 5.91 Å². The van der Waals surface area contributed by atoms with Gasteiger partial charge in [-0.05, 0) is 11.4 Å². The minimum atomic E-state index is -0.207. The standard InChI is InChI=1S/C12H11N5O2S4/c18-8(14-10-13-3-5-21-10)6-22-12-17-16-11(23-12)15-9(19)7-2-1-4-20-7/h1-2,4H,3,5-6H2,(H,13,14,18)(H,15,16,19). The van der Waals surface area contributed by atoms with E-state index in [1.54, 1.807) is 6.07 Å². The van der Waals surface area contributed by atoms with Crippen LogP contribution in [0.15, 0.2) is 26.8 Å². The molecular formula is C12H11N5O2S4. The molecule has 0 atom stereocenters. The van der Waals surface area contributed by atoms with Gasteiger partial charge in [-0.1, -0.05) is 40.9 Å². The van der Waals surface area contributed by atoms with Crippen LogP contribution in [0.1, 0.15) is 9.67 Å². The Morgan fingerprint density at radius 1 is 1.30 bits per heavy atom. The van der Waals surface area contributed by atoms with E-state index < -0.39 is 0 Å². The van der Waals surface area contributed by atoms with Crippen LogP contribution in [0, 0.1) is 0 Å². The summed E-state index contributed by atoms with van der Waals surface area (Å²) in [6, 6.07) is 3.55. The van der Waals surface area contributed by atoms with Gasteiger partial charge in [0.2, 0.25) is 11.0 Å². The molecule has 120 valence electrons. The van der Waals surface area contributed by atoms with Gasteiger partial charge in [-0.3, -0.25) is 19.9 Å². The number of nitrogens with zero attached hydrogens (tertiary/aromatic N) is 3. The minimum Gasteiger partial charge on any atom is -0.305 e. The Kier molecular flexibility index (Phi) is 5.65. The Morgan fingerprint density at radius 2 is 2.22 bits per heavy atom. The number of nitrogens with one attached hydrogen (secondary N) is 2. The molecule has 0 spiro atoms. The van der Waals surface area contributed by atoms with Crippen LogP contribution in [0.2, 0.25) is 0 Å². The fourth-order valence-electron chi connectivity index (χ4n) is 1.58. The molecule has 2 aromatic heterocycles. The fourth-order valence-corrected chi connectivity index (χ4v) is 4.49. The monoisotopic (exact) mass is 385 g/mol. The highest BCUT2D eigenvalue weighted by Gasteiger charge is 2.14. The highest BCUT2D eigenvalue weighted by Crippen LogP contribution is 2.26. The molecule has 0 radical (unpaired) electrons. The van der Waals surface area contributed by atoms with Crippen LogP contribution in [0.5, 0.6) is 0 Å². The summed E-state index contributed by atoms with van der Waals surface area (Å²) in [6.45, 7) is 0.747. The number of aliphatic imine (C=N–C) groups is 1. The van der Waals surface area contributed by atoms with Crippen LogP contribution < -0.4 is 10.6 Å². The summed E-state index contributed by atoms with van der Waals surface area (Å²) in [7, 11) is 0. The van der Waals surface area contributed by atoms with Crippen LogP contribution in [-0.4, -0.2) is 45.2 Å². The van der Waals surface area contributed by atoms with E-state index in [2.05, 4.69) is 25.8 Å². The lowest BCUT2D eigenvalue weighted by molar-refractivity contribution is -0.117. The van der Waals surface area contributed by atoms with Crippen LogP contribution in [0.4, 0.5) is 5.13 Å². The molecule has 23 heavy (non-hydrogen) atoms. The van der Waals surface area contributed by atoms with Gasteiger partial charge in [-0.2, -0.15) is 0 Å². The van der Waals surface area contributed by atoms with E-state index in [0.29, 0.717) is 19.5 Å². The van der Waals surface area contributed by atoms with Crippen molar-refractivity contribution in [2.75, 3.05) is 23.4 Å². The van der Waals surface area contributed by atoms with Crippen molar-refractivity contribution in [1.29, 1.82) is 0 Å². The SMILES string of the molecule is O=C(CSc1nnc(NC(=O)c2cccs2)s1)NC1=NCCS1. The lowest BCUT2D eigenvalue weighted by atomic mass is 10.4. The van der Waals surface area contributed by atoms with E-state index in [0.717, 1.165) is 12.3 Å². The number of aromatic nitrogens is 2. The number of hydrogen-bond acceptors (Lipinski definition) is 9. The predicted molar refractivity (Wildman–Crippen MR) is 95.8 cm³/mol. The van der Waals surface area contributed by atoms with Crippen LogP contribution in [0.3, 0.4) is 0 Å². The third-order valence-electron chi connectivity index (χ3n) is 2.53. The zero-order valence-corrected chi connectivity index (χ0v) is 14.9. The second kappa shape index (κ2) is 7.90. The molecule has 0 unspecified atom stereocenters. The number of carbonyl (C=O) groups is 2. The van der Waals surface area contributed by atoms with Gasteiger partial charge in [0.05, 0.1) is 17.2 Å². The number of thiophene rings is 1. The number of amides is 2. The number of carbonyl (C=O) groups excluding carboxylic acids is 2. The molecule has 3 heterocycles. The lowest BCUT2D eigenvalue weighted by Gasteiger charge is -2.01. The molecule has 2 amide bonds. The number of hydrogen-bond donors (Lipinski definition) is 2. The van der Waals surface area contributed by atoms with E-state index in [1.807, 2.05) is 11.4 Å². The molecule has 0 fully saturated rings. The average Bonchev–Trinajstić information content (AvgIpc) is 3.28. The van der Waals surface area contributed by atoms with E-state index in [9.17, 15) is 9.59 Å². The summed E-state index contributed by atoms with van der Waals surface area (Å²) in [5.41, 5.74) is 0. The van der Waals surface area contributed by atoms with E-state index in [-0.39, 0.29) is 17.6 Å². The molecule has 0 bridgehead atoms. The number of rotatable bonds is 5. The van der Waals surface area contributed by atoms with Crippen molar-refractivity contribution in [3.63, 3.8) is 0 Å². The second-order valence-corrected chi connectivity index (χ2v) is 8.41. The molecule has 0 saturated heterocycles. The van der Waals surface area contributed by atoms with Crippen molar-refractivity contribution < 1.29 is 9.59 Å². The van der Waals surface area contributed by atoms with Gasteiger partial charge in [-0.15, -0.1) is 21.5 Å². The zero-order valence-electron chi connectivity index (χ0n) is 11.6. The van der Waals surface area contributed by atoms with Gasteiger partial charge >= 0.3 is 0 Å². The average molecular weight is 386 g/mol. The maximum absolute atomic E-state index is 11.9. The summed E-state index contributed by atoms with van der Waals surface area (Å²) >= 11 is 5.42. The fraction of sp³-hybridized carbons (Fsp3) is 0.250. The molecule has 1 aliphatic heterocycles. The zero-order chi connectivity index (χ0) is 16.1. The summed E-state index contributed by atoms with van der Waals surface area (Å²) < 4.78 is 0.627. The van der Waals surface area contributed by atoms with Crippen molar-refractivity contribution in [1.82, 2.24) is 15.5 Å². The lowest BCUT2D eigenvalue weighted by Crippen LogP contribution is -2.28. The first-order chi connectivity index (χ1) is 11.2. The number of anilines is 1. The van der Waals surface area contributed by atoms with Crippen molar-refractivity contribution in [3.8, 4) is 0 Å². The van der Waals surface area contributed by atoms with E-state index in [4.69, 9.17) is 0 Å². The Bertz CT molecular complexity index is 728. The Labute approximate surface area is 148 Å². The van der Waals surface area contributed by atoms with Gasteiger partial charge in [0.1, 0.15) is 0 Å². The molecule has 1 aliphatic rings. The Hall–Kier alpha value is -1.43. The molecule has 2 aromatic rings. The smallest absolute Gasteiger partial charge is 0.267 e. The number of thioether (sulfide) groups is 2. The first-order valence-corrected chi connectivity index (χ1v) is 10.2. The van der Waals surface area contributed by atoms with Gasteiger partial charge in [0, 0.05) is 5.75 Å². The molecule has 2 N–H and O–H groups in total. The third kappa shape index (κ3) is 4.77. The second-order valence-electron chi connectivity index (χ2n) is 4.18. The van der Waals surface area contributed by atoms with Crippen molar-refractivity contribution in [2.24, 2.45) is 4.99 Å². The molecule has 0 saturated carbocycles. The predicted octanol–water partition coefficient (Wildman–Crippen LogP) is 2.16. The van der Waals surface area contributed by atoms with Gasteiger partial charge < -0.3 is 5.32 Å². The van der Waals surface area contributed by atoms with Gasteiger partial charge in [-0.25, -0.2) is 0 Å². The molecule has 0 aromatic carbocycles.